The van der Waals surface area contributed by atoms with Gasteiger partial charge in [0.15, 0.2) is 0 Å². The van der Waals surface area contributed by atoms with Gasteiger partial charge in [0.1, 0.15) is 23.1 Å². The minimum atomic E-state index is -4.44. The SMILES string of the molecule is CCOCCOC(=O)c1cc(S(=O)(=O)Cl)c(F)cc1F. The minimum absolute atomic E-state index is 0.103. The van der Waals surface area contributed by atoms with Gasteiger partial charge in [-0.05, 0) is 13.0 Å². The number of halogens is 3. The van der Waals surface area contributed by atoms with Gasteiger partial charge in [0.05, 0.1) is 12.2 Å². The van der Waals surface area contributed by atoms with Crippen molar-refractivity contribution in [1.82, 2.24) is 0 Å². The fourth-order valence-corrected chi connectivity index (χ4v) is 2.19. The molecule has 0 heterocycles. The van der Waals surface area contributed by atoms with E-state index < -0.39 is 37.1 Å². The van der Waals surface area contributed by atoms with Gasteiger partial charge >= 0.3 is 5.97 Å². The number of hydrogen-bond donors (Lipinski definition) is 0. The molecule has 0 aliphatic heterocycles. The predicted molar refractivity (Wildman–Crippen MR) is 66.2 cm³/mol. The molecule has 1 rings (SSSR count). The summed E-state index contributed by atoms with van der Waals surface area (Å²) >= 11 is 0. The van der Waals surface area contributed by atoms with E-state index in [4.69, 9.17) is 15.4 Å². The first-order chi connectivity index (χ1) is 9.27. The molecule has 0 aliphatic carbocycles. The molecule has 0 aliphatic rings. The number of carbonyl (C=O) groups is 1. The summed E-state index contributed by atoms with van der Waals surface area (Å²) in [5.74, 6) is -3.76. The Hall–Kier alpha value is -1.25. The van der Waals surface area contributed by atoms with Gasteiger partial charge in [-0.3, -0.25) is 0 Å². The van der Waals surface area contributed by atoms with Crippen LogP contribution >= 0.6 is 10.7 Å². The molecule has 0 fully saturated rings. The fraction of sp³-hybridized carbons (Fsp3) is 0.364. The topological polar surface area (TPSA) is 69.7 Å². The summed E-state index contributed by atoms with van der Waals surface area (Å²) in [5.41, 5.74) is -0.720. The monoisotopic (exact) mass is 328 g/mol. The molecule has 1 aromatic carbocycles. The van der Waals surface area contributed by atoms with Crippen LogP contribution in [-0.4, -0.2) is 34.2 Å². The van der Waals surface area contributed by atoms with Gasteiger partial charge in [-0.25, -0.2) is 22.0 Å². The highest BCUT2D eigenvalue weighted by Gasteiger charge is 2.23. The van der Waals surface area contributed by atoms with Crippen LogP contribution in [0.3, 0.4) is 0 Å². The number of hydrogen-bond acceptors (Lipinski definition) is 5. The van der Waals surface area contributed by atoms with Crippen LogP contribution in [0.15, 0.2) is 17.0 Å². The van der Waals surface area contributed by atoms with Crippen molar-refractivity contribution in [2.45, 2.75) is 11.8 Å². The quantitative estimate of drug-likeness (QED) is 0.454. The van der Waals surface area contributed by atoms with Crippen molar-refractivity contribution in [1.29, 1.82) is 0 Å². The summed E-state index contributed by atoms with van der Waals surface area (Å²) in [5, 5.41) is 0. The van der Waals surface area contributed by atoms with Gasteiger partial charge in [0.25, 0.3) is 9.05 Å². The van der Waals surface area contributed by atoms with Gasteiger partial charge in [0, 0.05) is 23.4 Å². The largest absolute Gasteiger partial charge is 0.460 e. The van der Waals surface area contributed by atoms with E-state index in [-0.39, 0.29) is 19.3 Å². The summed E-state index contributed by atoms with van der Waals surface area (Å²) in [6, 6.07) is 0.754. The smallest absolute Gasteiger partial charge is 0.341 e. The zero-order chi connectivity index (χ0) is 15.3. The molecule has 0 amide bonds. The zero-order valence-electron chi connectivity index (χ0n) is 10.4. The van der Waals surface area contributed by atoms with Crippen molar-refractivity contribution < 1.29 is 31.5 Å². The lowest BCUT2D eigenvalue weighted by Crippen LogP contribution is -2.13. The summed E-state index contributed by atoms with van der Waals surface area (Å²) in [4.78, 5) is 10.6. The molecule has 0 radical (unpaired) electrons. The van der Waals surface area contributed by atoms with Gasteiger partial charge in [-0.2, -0.15) is 0 Å². The van der Waals surface area contributed by atoms with Gasteiger partial charge in [-0.1, -0.05) is 0 Å². The molecule has 0 aromatic heterocycles. The Labute approximate surface area is 118 Å². The second-order valence-electron chi connectivity index (χ2n) is 3.53. The molecule has 0 saturated heterocycles. The van der Waals surface area contributed by atoms with Crippen LogP contribution in [0.4, 0.5) is 8.78 Å². The molecule has 0 saturated carbocycles. The maximum absolute atomic E-state index is 13.4. The highest BCUT2D eigenvalue weighted by Crippen LogP contribution is 2.23. The maximum Gasteiger partial charge on any atom is 0.341 e. The first-order valence-electron chi connectivity index (χ1n) is 5.46. The van der Waals surface area contributed by atoms with E-state index in [9.17, 15) is 22.0 Å². The number of rotatable bonds is 6. The van der Waals surface area contributed by atoms with E-state index in [2.05, 4.69) is 4.74 Å². The standard InChI is InChI=1S/C11H11ClF2O5S/c1-2-18-3-4-19-11(15)7-5-10(20(12,16)17)9(14)6-8(7)13/h5-6H,2-4H2,1H3. The Balaban J connectivity index is 2.98. The van der Waals surface area contributed by atoms with Crippen molar-refractivity contribution in [3.05, 3.63) is 29.3 Å². The second-order valence-corrected chi connectivity index (χ2v) is 6.07. The first kappa shape index (κ1) is 16.8. The van der Waals surface area contributed by atoms with E-state index in [0.29, 0.717) is 12.7 Å². The van der Waals surface area contributed by atoms with Crippen molar-refractivity contribution in [3.8, 4) is 0 Å². The van der Waals surface area contributed by atoms with Crippen LogP contribution in [0, 0.1) is 11.6 Å². The fourth-order valence-electron chi connectivity index (χ4n) is 1.29. The third-order valence-corrected chi connectivity index (χ3v) is 3.51. The van der Waals surface area contributed by atoms with Crippen LogP contribution in [0.25, 0.3) is 0 Å². The van der Waals surface area contributed by atoms with Crippen LogP contribution in [0.2, 0.25) is 0 Å². The van der Waals surface area contributed by atoms with Crippen molar-refractivity contribution in [2.24, 2.45) is 0 Å². The Morgan fingerprint density at radius 1 is 1.25 bits per heavy atom. The Morgan fingerprint density at radius 2 is 1.90 bits per heavy atom. The minimum Gasteiger partial charge on any atom is -0.460 e. The zero-order valence-corrected chi connectivity index (χ0v) is 11.9. The Kier molecular flexibility index (Phi) is 5.85. The number of benzene rings is 1. The molecule has 9 heteroatoms. The molecular weight excluding hydrogens is 318 g/mol. The first-order valence-corrected chi connectivity index (χ1v) is 7.77. The lowest BCUT2D eigenvalue weighted by molar-refractivity contribution is 0.0330. The van der Waals surface area contributed by atoms with E-state index in [1.807, 2.05) is 0 Å². The molecule has 0 atom stereocenters. The summed E-state index contributed by atoms with van der Waals surface area (Å²) in [7, 11) is 0.539. The third-order valence-electron chi connectivity index (χ3n) is 2.17. The van der Waals surface area contributed by atoms with Crippen LogP contribution in [0.1, 0.15) is 17.3 Å². The molecular formula is C11H11ClF2O5S. The highest BCUT2D eigenvalue weighted by atomic mass is 35.7. The molecule has 20 heavy (non-hydrogen) atoms. The molecule has 1 aromatic rings. The van der Waals surface area contributed by atoms with E-state index in [0.717, 1.165) is 0 Å². The average molecular weight is 329 g/mol. The van der Waals surface area contributed by atoms with Crippen molar-refractivity contribution in [2.75, 3.05) is 19.8 Å². The lowest BCUT2D eigenvalue weighted by Gasteiger charge is -2.07. The Bertz CT molecular complexity index is 603. The Morgan fingerprint density at radius 3 is 2.45 bits per heavy atom. The van der Waals surface area contributed by atoms with Gasteiger partial charge in [0.2, 0.25) is 0 Å². The maximum atomic E-state index is 13.4. The van der Waals surface area contributed by atoms with Crippen molar-refractivity contribution in [3.63, 3.8) is 0 Å². The molecule has 0 spiro atoms. The third kappa shape index (κ3) is 4.39. The molecule has 5 nitrogen and oxygen atoms in total. The normalized spacial score (nSPS) is 11.4. The second kappa shape index (κ2) is 6.96. The average Bonchev–Trinajstić information content (AvgIpc) is 2.32. The van der Waals surface area contributed by atoms with Crippen LogP contribution in [-0.2, 0) is 18.5 Å². The lowest BCUT2D eigenvalue weighted by atomic mass is 10.2. The van der Waals surface area contributed by atoms with Crippen LogP contribution < -0.4 is 0 Å². The van der Waals surface area contributed by atoms with Gasteiger partial charge in [-0.15, -0.1) is 0 Å². The predicted octanol–water partition coefficient (Wildman–Crippen LogP) is 2.09. The molecule has 0 N–H and O–H groups in total. The number of ether oxygens (including phenoxy) is 2. The molecule has 0 bridgehead atoms. The van der Waals surface area contributed by atoms with E-state index in [1.54, 1.807) is 6.92 Å². The summed E-state index contributed by atoms with van der Waals surface area (Å²) in [6.45, 7) is 2.11. The number of carbonyl (C=O) groups excluding carboxylic acids is 1. The highest BCUT2D eigenvalue weighted by molar-refractivity contribution is 8.13. The molecule has 0 unspecified atom stereocenters. The van der Waals surface area contributed by atoms with Crippen molar-refractivity contribution >= 4 is 25.7 Å². The van der Waals surface area contributed by atoms with Crippen LogP contribution in [0.5, 0.6) is 0 Å². The van der Waals surface area contributed by atoms with E-state index in [1.165, 1.54) is 0 Å². The summed E-state index contributed by atoms with van der Waals surface area (Å²) in [6.07, 6.45) is 0. The van der Waals surface area contributed by atoms with E-state index >= 15 is 0 Å². The van der Waals surface area contributed by atoms with Gasteiger partial charge < -0.3 is 9.47 Å². The number of esters is 1. The summed E-state index contributed by atoms with van der Waals surface area (Å²) < 4.78 is 58.4. The molecule has 112 valence electrons.